The minimum Gasteiger partial charge on any atom is -0.497 e. The predicted octanol–water partition coefficient (Wildman–Crippen LogP) is 3.56. The van der Waals surface area contributed by atoms with Crippen LogP contribution in [-0.2, 0) is 11.3 Å². The topological polar surface area (TPSA) is 42.0 Å². The summed E-state index contributed by atoms with van der Waals surface area (Å²) < 4.78 is 10.9. The standard InChI is InChI=1S/C20H26N2O3S/c1-21(12-15-8-10-26-14-15)20(23)13-22-9-4-5-18(22)17-7-6-16(24-2)11-19(17)25-3/h6-8,10-11,14,18H,4-5,9,12-13H2,1-3H3. The highest BCUT2D eigenvalue weighted by molar-refractivity contribution is 7.07. The lowest BCUT2D eigenvalue weighted by Crippen LogP contribution is -2.37. The monoisotopic (exact) mass is 374 g/mol. The van der Waals surface area contributed by atoms with E-state index in [-0.39, 0.29) is 11.9 Å². The summed E-state index contributed by atoms with van der Waals surface area (Å²) in [6.07, 6.45) is 2.12. The molecule has 0 bridgehead atoms. The average Bonchev–Trinajstić information content (AvgIpc) is 3.33. The number of benzene rings is 1. The molecule has 1 unspecified atom stereocenters. The van der Waals surface area contributed by atoms with Gasteiger partial charge in [0.1, 0.15) is 11.5 Å². The van der Waals surface area contributed by atoms with Gasteiger partial charge in [-0.1, -0.05) is 6.07 Å². The highest BCUT2D eigenvalue weighted by Crippen LogP contribution is 2.38. The van der Waals surface area contributed by atoms with Gasteiger partial charge in [-0.15, -0.1) is 0 Å². The van der Waals surface area contributed by atoms with E-state index < -0.39 is 0 Å². The number of nitrogens with zero attached hydrogens (tertiary/aromatic N) is 2. The summed E-state index contributed by atoms with van der Waals surface area (Å²) in [6.45, 7) is 2.02. The second-order valence-corrected chi connectivity index (χ2v) is 7.40. The number of amides is 1. The van der Waals surface area contributed by atoms with Gasteiger partial charge in [0.05, 0.1) is 20.8 Å². The van der Waals surface area contributed by atoms with E-state index in [0.717, 1.165) is 36.4 Å². The molecule has 1 aliphatic rings. The van der Waals surface area contributed by atoms with Crippen LogP contribution in [0.25, 0.3) is 0 Å². The van der Waals surface area contributed by atoms with Gasteiger partial charge in [-0.2, -0.15) is 11.3 Å². The number of likely N-dealkylation sites (N-methyl/N-ethyl adjacent to an activating group) is 1. The molecule has 0 N–H and O–H groups in total. The summed E-state index contributed by atoms with van der Waals surface area (Å²) in [7, 11) is 5.20. The number of rotatable bonds is 7. The van der Waals surface area contributed by atoms with Gasteiger partial charge >= 0.3 is 0 Å². The second-order valence-electron chi connectivity index (χ2n) is 6.62. The molecule has 26 heavy (non-hydrogen) atoms. The van der Waals surface area contributed by atoms with Crippen LogP contribution >= 0.6 is 11.3 Å². The fourth-order valence-electron chi connectivity index (χ4n) is 3.50. The van der Waals surface area contributed by atoms with Gasteiger partial charge < -0.3 is 14.4 Å². The van der Waals surface area contributed by atoms with E-state index in [9.17, 15) is 4.79 Å². The number of carbonyl (C=O) groups is 1. The number of hydrogen-bond donors (Lipinski definition) is 0. The van der Waals surface area contributed by atoms with Crippen molar-refractivity contribution in [1.29, 1.82) is 0 Å². The smallest absolute Gasteiger partial charge is 0.236 e. The van der Waals surface area contributed by atoms with Crippen molar-refractivity contribution >= 4 is 17.2 Å². The summed E-state index contributed by atoms with van der Waals surface area (Å²) in [6, 6.07) is 8.19. The first-order valence-corrected chi connectivity index (χ1v) is 9.77. The van der Waals surface area contributed by atoms with Crippen molar-refractivity contribution in [1.82, 2.24) is 9.80 Å². The molecule has 0 spiro atoms. The molecule has 1 amide bonds. The van der Waals surface area contributed by atoms with Gasteiger partial charge in [0.15, 0.2) is 0 Å². The van der Waals surface area contributed by atoms with Gasteiger partial charge in [0.25, 0.3) is 0 Å². The Morgan fingerprint density at radius 1 is 1.31 bits per heavy atom. The Morgan fingerprint density at radius 3 is 2.85 bits per heavy atom. The number of carbonyl (C=O) groups excluding carboxylic acids is 1. The highest BCUT2D eigenvalue weighted by Gasteiger charge is 2.30. The Hall–Kier alpha value is -2.05. The van der Waals surface area contributed by atoms with Crippen LogP contribution in [0.3, 0.4) is 0 Å². The van der Waals surface area contributed by atoms with Crippen molar-refractivity contribution in [2.24, 2.45) is 0 Å². The molecule has 0 radical (unpaired) electrons. The molecule has 0 aliphatic carbocycles. The first kappa shape index (κ1) is 18.7. The van der Waals surface area contributed by atoms with E-state index >= 15 is 0 Å². The van der Waals surface area contributed by atoms with E-state index in [1.165, 1.54) is 5.56 Å². The van der Waals surface area contributed by atoms with Crippen LogP contribution in [0.1, 0.15) is 30.0 Å². The van der Waals surface area contributed by atoms with Gasteiger partial charge in [0, 0.05) is 31.3 Å². The van der Waals surface area contributed by atoms with E-state index in [2.05, 4.69) is 22.4 Å². The Balaban J connectivity index is 1.69. The third kappa shape index (κ3) is 4.19. The van der Waals surface area contributed by atoms with Crippen LogP contribution in [0.2, 0.25) is 0 Å². The fraction of sp³-hybridized carbons (Fsp3) is 0.450. The van der Waals surface area contributed by atoms with E-state index in [1.807, 2.05) is 29.5 Å². The predicted molar refractivity (Wildman–Crippen MR) is 104 cm³/mol. The molecule has 140 valence electrons. The lowest BCUT2D eigenvalue weighted by molar-refractivity contribution is -0.131. The summed E-state index contributed by atoms with van der Waals surface area (Å²) >= 11 is 1.66. The number of hydrogen-bond acceptors (Lipinski definition) is 5. The molecule has 1 aromatic heterocycles. The first-order valence-electron chi connectivity index (χ1n) is 8.83. The highest BCUT2D eigenvalue weighted by atomic mass is 32.1. The third-order valence-corrected chi connectivity index (χ3v) is 5.66. The lowest BCUT2D eigenvalue weighted by Gasteiger charge is -2.27. The van der Waals surface area contributed by atoms with Gasteiger partial charge in [0.2, 0.25) is 5.91 Å². The molecule has 5 nitrogen and oxygen atoms in total. The number of ether oxygens (including phenoxy) is 2. The zero-order chi connectivity index (χ0) is 18.5. The Morgan fingerprint density at radius 2 is 2.15 bits per heavy atom. The van der Waals surface area contributed by atoms with Crippen LogP contribution < -0.4 is 9.47 Å². The van der Waals surface area contributed by atoms with Crippen LogP contribution in [0.15, 0.2) is 35.0 Å². The molecular formula is C20H26N2O3S. The Bertz CT molecular complexity index is 733. The largest absolute Gasteiger partial charge is 0.497 e. The maximum Gasteiger partial charge on any atom is 0.236 e. The molecule has 6 heteroatoms. The summed E-state index contributed by atoms with van der Waals surface area (Å²) in [5, 5.41) is 4.13. The molecule has 0 saturated carbocycles. The SMILES string of the molecule is COc1ccc(C2CCCN2CC(=O)N(C)Cc2ccsc2)c(OC)c1. The van der Waals surface area contributed by atoms with Crippen LogP contribution in [0, 0.1) is 0 Å². The van der Waals surface area contributed by atoms with Crippen LogP contribution in [0.5, 0.6) is 11.5 Å². The molecule has 3 rings (SSSR count). The molecule has 1 saturated heterocycles. The quantitative estimate of drug-likeness (QED) is 0.743. The Kier molecular flexibility index (Phi) is 6.16. The minimum absolute atomic E-state index is 0.149. The molecule has 1 aromatic carbocycles. The van der Waals surface area contributed by atoms with E-state index in [4.69, 9.17) is 9.47 Å². The van der Waals surface area contributed by atoms with Crippen molar-refractivity contribution in [2.75, 3.05) is 34.4 Å². The maximum atomic E-state index is 12.7. The molecule has 2 heterocycles. The number of likely N-dealkylation sites (tertiary alicyclic amines) is 1. The van der Waals surface area contributed by atoms with E-state index in [1.54, 1.807) is 25.6 Å². The normalized spacial score (nSPS) is 17.3. The number of thiophene rings is 1. The van der Waals surface area contributed by atoms with Gasteiger partial charge in [-0.25, -0.2) is 0 Å². The van der Waals surface area contributed by atoms with E-state index in [0.29, 0.717) is 13.1 Å². The van der Waals surface area contributed by atoms with Crippen LogP contribution in [0.4, 0.5) is 0 Å². The van der Waals surface area contributed by atoms with Crippen molar-refractivity contribution in [3.63, 3.8) is 0 Å². The average molecular weight is 375 g/mol. The van der Waals surface area contributed by atoms with Gasteiger partial charge in [-0.05, 0) is 47.8 Å². The molecule has 1 atom stereocenters. The van der Waals surface area contributed by atoms with Crippen molar-refractivity contribution in [3.8, 4) is 11.5 Å². The molecular weight excluding hydrogens is 348 g/mol. The van der Waals surface area contributed by atoms with Crippen molar-refractivity contribution < 1.29 is 14.3 Å². The van der Waals surface area contributed by atoms with Crippen molar-refractivity contribution in [3.05, 3.63) is 46.2 Å². The van der Waals surface area contributed by atoms with Crippen LogP contribution in [-0.4, -0.2) is 50.1 Å². The molecule has 2 aromatic rings. The zero-order valence-corrected chi connectivity index (χ0v) is 16.4. The third-order valence-electron chi connectivity index (χ3n) is 4.93. The minimum atomic E-state index is 0.149. The summed E-state index contributed by atoms with van der Waals surface area (Å²) in [5.74, 6) is 1.75. The zero-order valence-electron chi connectivity index (χ0n) is 15.6. The fourth-order valence-corrected chi connectivity index (χ4v) is 4.16. The number of methoxy groups -OCH3 is 2. The molecule has 1 fully saturated rings. The van der Waals surface area contributed by atoms with Crippen molar-refractivity contribution in [2.45, 2.75) is 25.4 Å². The maximum absolute atomic E-state index is 12.7. The van der Waals surface area contributed by atoms with Gasteiger partial charge in [-0.3, -0.25) is 9.69 Å². The summed E-state index contributed by atoms with van der Waals surface area (Å²) in [4.78, 5) is 16.8. The molecule has 1 aliphatic heterocycles. The second kappa shape index (κ2) is 8.56. The Labute approximate surface area is 159 Å². The summed E-state index contributed by atoms with van der Waals surface area (Å²) in [5.41, 5.74) is 2.31. The first-order chi connectivity index (χ1) is 12.6. The lowest BCUT2D eigenvalue weighted by atomic mass is 10.0.